The Bertz CT molecular complexity index is 965. The summed E-state index contributed by atoms with van der Waals surface area (Å²) in [4.78, 5) is 0. The van der Waals surface area contributed by atoms with Gasteiger partial charge in [-0.05, 0) is 54.1 Å². The Hall–Kier alpha value is -2.48. The molecule has 0 saturated carbocycles. The van der Waals surface area contributed by atoms with E-state index in [0.29, 0.717) is 22.7 Å². The lowest BCUT2D eigenvalue weighted by Crippen LogP contribution is -2.21. The molecule has 0 N–H and O–H groups in total. The third kappa shape index (κ3) is 4.10. The van der Waals surface area contributed by atoms with Crippen LogP contribution in [0.3, 0.4) is 0 Å². The zero-order valence-corrected chi connectivity index (χ0v) is 14.8. The Labute approximate surface area is 158 Å². The number of halogens is 7. The fourth-order valence-corrected chi connectivity index (χ4v) is 2.62. The van der Waals surface area contributed by atoms with Crippen LogP contribution in [0.25, 0.3) is 11.1 Å². The van der Waals surface area contributed by atoms with Crippen molar-refractivity contribution >= 4 is 15.9 Å². The second kappa shape index (κ2) is 7.26. The topological polar surface area (TPSA) is 9.23 Å². The molecule has 140 valence electrons. The van der Waals surface area contributed by atoms with Crippen molar-refractivity contribution in [2.45, 2.75) is 6.11 Å². The number of hydrogen-bond donors (Lipinski definition) is 0. The van der Waals surface area contributed by atoms with E-state index in [1.54, 1.807) is 0 Å². The Balaban J connectivity index is 1.90. The first-order valence-corrected chi connectivity index (χ1v) is 8.24. The monoisotopic (exact) mass is 446 g/mol. The molecule has 0 amide bonds. The molecule has 8 heteroatoms. The van der Waals surface area contributed by atoms with Gasteiger partial charge in [0.15, 0.2) is 17.5 Å². The third-order valence-electron chi connectivity index (χ3n) is 3.66. The van der Waals surface area contributed by atoms with Crippen LogP contribution < -0.4 is 4.74 Å². The number of alkyl halides is 2. The lowest BCUT2D eigenvalue weighted by atomic mass is 10.0. The van der Waals surface area contributed by atoms with Gasteiger partial charge < -0.3 is 4.74 Å². The number of benzene rings is 3. The van der Waals surface area contributed by atoms with Gasteiger partial charge in [0.2, 0.25) is 0 Å². The summed E-state index contributed by atoms with van der Waals surface area (Å²) in [5.74, 6) is -6.23. The molecule has 0 bridgehead atoms. The molecular weight excluding hydrogens is 438 g/mol. The Morgan fingerprint density at radius 1 is 0.741 bits per heavy atom. The SMILES string of the molecule is Fc1cc(OC(F)(F)c2ccc(Br)cc2)ccc1-c1cc(F)c(F)c(F)c1. The molecule has 0 radical (unpaired) electrons. The normalized spacial score (nSPS) is 11.5. The molecule has 0 aliphatic carbocycles. The maximum atomic E-state index is 14.3. The van der Waals surface area contributed by atoms with Crippen molar-refractivity contribution in [3.63, 3.8) is 0 Å². The minimum Gasteiger partial charge on any atom is -0.429 e. The van der Waals surface area contributed by atoms with Gasteiger partial charge in [0.1, 0.15) is 11.6 Å². The first-order valence-electron chi connectivity index (χ1n) is 7.45. The molecule has 0 aliphatic heterocycles. The van der Waals surface area contributed by atoms with Gasteiger partial charge >= 0.3 is 6.11 Å². The molecule has 3 rings (SSSR count). The first-order chi connectivity index (χ1) is 12.7. The highest BCUT2D eigenvalue weighted by atomic mass is 79.9. The summed E-state index contributed by atoms with van der Waals surface area (Å²) in [6, 6.07) is 8.96. The second-order valence-corrected chi connectivity index (χ2v) is 6.44. The number of ether oxygens (including phenoxy) is 1. The van der Waals surface area contributed by atoms with Gasteiger partial charge in [-0.25, -0.2) is 17.6 Å². The lowest BCUT2D eigenvalue weighted by Gasteiger charge is -2.18. The summed E-state index contributed by atoms with van der Waals surface area (Å²) in [6.45, 7) is 0. The zero-order chi connectivity index (χ0) is 19.8. The summed E-state index contributed by atoms with van der Waals surface area (Å²) >= 11 is 3.12. The molecule has 0 aromatic heterocycles. The van der Waals surface area contributed by atoms with E-state index in [2.05, 4.69) is 20.7 Å². The molecule has 0 fully saturated rings. The van der Waals surface area contributed by atoms with E-state index in [4.69, 9.17) is 0 Å². The average Bonchev–Trinajstić information content (AvgIpc) is 2.59. The Morgan fingerprint density at radius 2 is 1.33 bits per heavy atom. The van der Waals surface area contributed by atoms with Gasteiger partial charge in [-0.3, -0.25) is 0 Å². The smallest absolute Gasteiger partial charge is 0.426 e. The largest absolute Gasteiger partial charge is 0.429 e. The van der Waals surface area contributed by atoms with Crippen LogP contribution in [-0.2, 0) is 6.11 Å². The lowest BCUT2D eigenvalue weighted by molar-refractivity contribution is -0.185. The fourth-order valence-electron chi connectivity index (χ4n) is 2.36. The van der Waals surface area contributed by atoms with Gasteiger partial charge in [0, 0.05) is 16.1 Å². The predicted molar refractivity (Wildman–Crippen MR) is 90.4 cm³/mol. The molecule has 3 aromatic rings. The molecule has 0 unspecified atom stereocenters. The van der Waals surface area contributed by atoms with E-state index in [1.165, 1.54) is 12.1 Å². The molecule has 0 heterocycles. The molecule has 0 saturated heterocycles. The molecule has 3 aromatic carbocycles. The molecule has 1 nitrogen and oxygen atoms in total. The molecule has 0 aliphatic rings. The van der Waals surface area contributed by atoms with Gasteiger partial charge in [-0.2, -0.15) is 8.78 Å². The van der Waals surface area contributed by atoms with Crippen LogP contribution in [0.2, 0.25) is 0 Å². The van der Waals surface area contributed by atoms with Gasteiger partial charge in [-0.1, -0.05) is 15.9 Å². The van der Waals surface area contributed by atoms with Crippen LogP contribution in [0.15, 0.2) is 59.1 Å². The maximum Gasteiger partial charge on any atom is 0.426 e. The van der Waals surface area contributed by atoms with Gasteiger partial charge in [-0.15, -0.1) is 0 Å². The van der Waals surface area contributed by atoms with Crippen molar-refractivity contribution in [1.29, 1.82) is 0 Å². The third-order valence-corrected chi connectivity index (χ3v) is 4.19. The van der Waals surface area contributed by atoms with E-state index in [9.17, 15) is 26.3 Å². The first kappa shape index (κ1) is 19.3. The summed E-state index contributed by atoms with van der Waals surface area (Å²) < 4.78 is 87.4. The average molecular weight is 447 g/mol. The van der Waals surface area contributed by atoms with Crippen LogP contribution in [0.5, 0.6) is 5.75 Å². The minimum absolute atomic E-state index is 0.282. The van der Waals surface area contributed by atoms with Crippen molar-refractivity contribution in [2.75, 3.05) is 0 Å². The van der Waals surface area contributed by atoms with Crippen molar-refractivity contribution in [1.82, 2.24) is 0 Å². The van der Waals surface area contributed by atoms with Crippen LogP contribution >= 0.6 is 15.9 Å². The van der Waals surface area contributed by atoms with E-state index in [-0.39, 0.29) is 11.1 Å². The summed E-state index contributed by atoms with van der Waals surface area (Å²) in [7, 11) is 0. The highest BCUT2D eigenvalue weighted by molar-refractivity contribution is 9.10. The Morgan fingerprint density at radius 3 is 1.89 bits per heavy atom. The van der Waals surface area contributed by atoms with E-state index >= 15 is 0 Å². The van der Waals surface area contributed by atoms with Gasteiger partial charge in [0.25, 0.3) is 0 Å². The summed E-state index contributed by atoms with van der Waals surface area (Å²) in [5, 5.41) is 0. The van der Waals surface area contributed by atoms with E-state index in [1.807, 2.05) is 0 Å². The van der Waals surface area contributed by atoms with Crippen LogP contribution in [0.1, 0.15) is 5.56 Å². The molecule has 0 atom stereocenters. The highest BCUT2D eigenvalue weighted by Crippen LogP contribution is 2.34. The van der Waals surface area contributed by atoms with Crippen molar-refractivity contribution in [2.24, 2.45) is 0 Å². The van der Waals surface area contributed by atoms with E-state index in [0.717, 1.165) is 24.3 Å². The molecular formula is C19H9BrF6O. The molecule has 27 heavy (non-hydrogen) atoms. The predicted octanol–water partition coefficient (Wildman–Crippen LogP) is 6.80. The fraction of sp³-hybridized carbons (Fsp3) is 0.0526. The highest BCUT2D eigenvalue weighted by Gasteiger charge is 2.34. The second-order valence-electron chi connectivity index (χ2n) is 5.52. The summed E-state index contributed by atoms with van der Waals surface area (Å²) in [6.07, 6.45) is -3.73. The van der Waals surface area contributed by atoms with Crippen LogP contribution in [0, 0.1) is 23.3 Å². The summed E-state index contributed by atoms with van der Waals surface area (Å²) in [5.41, 5.74) is -1.03. The van der Waals surface area contributed by atoms with E-state index < -0.39 is 40.7 Å². The maximum absolute atomic E-state index is 14.3. The standard InChI is InChI=1S/C19H9BrF6O/c20-12-3-1-11(2-4-12)19(25,26)27-13-5-6-14(15(21)9-13)10-7-16(22)18(24)17(23)8-10/h1-9H. The van der Waals surface area contributed by atoms with Gasteiger partial charge in [0.05, 0.1) is 5.56 Å². The van der Waals surface area contributed by atoms with Crippen molar-refractivity contribution in [3.05, 3.63) is 87.9 Å². The Kier molecular flexibility index (Phi) is 5.19. The quantitative estimate of drug-likeness (QED) is 0.316. The van der Waals surface area contributed by atoms with Crippen molar-refractivity contribution in [3.8, 4) is 16.9 Å². The molecule has 0 spiro atoms. The van der Waals surface area contributed by atoms with Crippen LogP contribution in [-0.4, -0.2) is 0 Å². The minimum atomic E-state index is -3.73. The number of hydrogen-bond acceptors (Lipinski definition) is 1. The van der Waals surface area contributed by atoms with Crippen molar-refractivity contribution < 1.29 is 31.1 Å². The zero-order valence-electron chi connectivity index (χ0n) is 13.3. The van der Waals surface area contributed by atoms with Crippen LogP contribution in [0.4, 0.5) is 26.3 Å². The number of rotatable bonds is 4.